The van der Waals surface area contributed by atoms with Crippen molar-refractivity contribution in [2.75, 3.05) is 5.32 Å². The van der Waals surface area contributed by atoms with Gasteiger partial charge in [-0.1, -0.05) is 28.1 Å². The third kappa shape index (κ3) is 2.28. The fourth-order valence-corrected chi connectivity index (χ4v) is 3.12. The molecule has 0 fully saturated rings. The van der Waals surface area contributed by atoms with Crippen molar-refractivity contribution in [2.24, 2.45) is 0 Å². The zero-order valence-electron chi connectivity index (χ0n) is 11.3. The topological polar surface area (TPSA) is 42.2 Å². The number of nitrogens with zero attached hydrogens (tertiary/aromatic N) is 3. The fourth-order valence-electron chi connectivity index (χ4n) is 2.42. The highest BCUT2D eigenvalue weighted by Crippen LogP contribution is 2.30. The zero-order chi connectivity index (χ0) is 15.1. The maximum absolute atomic E-state index is 4.73. The van der Waals surface area contributed by atoms with Crippen LogP contribution in [0.3, 0.4) is 0 Å². The molecule has 0 unspecified atom stereocenters. The van der Waals surface area contributed by atoms with Crippen LogP contribution in [-0.2, 0) is 0 Å². The molecule has 108 valence electrons. The molecule has 0 aliphatic rings. The molecule has 0 atom stereocenters. The Bertz CT molecular complexity index is 994. The molecular formula is C16H10Br2N4. The number of benzene rings is 2. The minimum atomic E-state index is 0.773. The zero-order valence-corrected chi connectivity index (χ0v) is 14.5. The van der Waals surface area contributed by atoms with Crippen molar-refractivity contribution in [3.8, 4) is 0 Å². The monoisotopic (exact) mass is 416 g/mol. The van der Waals surface area contributed by atoms with Crippen molar-refractivity contribution in [1.82, 2.24) is 14.4 Å². The molecule has 0 aliphatic carbocycles. The maximum Gasteiger partial charge on any atom is 0.157 e. The van der Waals surface area contributed by atoms with Gasteiger partial charge in [-0.15, -0.1) is 0 Å². The second kappa shape index (κ2) is 5.37. The van der Waals surface area contributed by atoms with Crippen LogP contribution in [0.5, 0.6) is 0 Å². The molecule has 0 aliphatic heterocycles. The lowest BCUT2D eigenvalue weighted by atomic mass is 10.3. The predicted molar refractivity (Wildman–Crippen MR) is 95.6 cm³/mol. The summed E-state index contributed by atoms with van der Waals surface area (Å²) in [5.74, 6) is 0.773. The lowest BCUT2D eigenvalue weighted by molar-refractivity contribution is 1.19. The Balaban J connectivity index is 1.93. The van der Waals surface area contributed by atoms with E-state index >= 15 is 0 Å². The van der Waals surface area contributed by atoms with Gasteiger partial charge in [0, 0.05) is 8.95 Å². The Hall–Kier alpha value is -1.92. The third-order valence-corrected chi connectivity index (χ3v) is 4.62. The van der Waals surface area contributed by atoms with Gasteiger partial charge in [0.2, 0.25) is 0 Å². The van der Waals surface area contributed by atoms with Crippen LogP contribution in [0.25, 0.3) is 16.6 Å². The molecule has 4 aromatic rings. The van der Waals surface area contributed by atoms with Gasteiger partial charge in [-0.2, -0.15) is 0 Å². The second-order valence-corrected chi connectivity index (χ2v) is 6.62. The normalized spacial score (nSPS) is 11.2. The molecule has 2 aromatic heterocycles. The maximum atomic E-state index is 4.73. The van der Waals surface area contributed by atoms with Gasteiger partial charge in [-0.25, -0.2) is 9.97 Å². The first-order valence-corrected chi connectivity index (χ1v) is 8.24. The van der Waals surface area contributed by atoms with E-state index in [0.717, 1.165) is 37.0 Å². The van der Waals surface area contributed by atoms with Crippen LogP contribution in [0, 0.1) is 0 Å². The molecule has 4 nitrogen and oxygen atoms in total. The van der Waals surface area contributed by atoms with Crippen molar-refractivity contribution in [1.29, 1.82) is 0 Å². The van der Waals surface area contributed by atoms with E-state index in [1.54, 1.807) is 6.33 Å². The molecule has 0 bridgehead atoms. The number of halogens is 2. The van der Waals surface area contributed by atoms with Crippen molar-refractivity contribution < 1.29 is 0 Å². The number of imidazole rings is 1. The predicted octanol–water partition coefficient (Wildman–Crippen LogP) is 5.15. The Labute approximate surface area is 143 Å². The number of rotatable bonds is 2. The Morgan fingerprint density at radius 2 is 1.86 bits per heavy atom. The summed E-state index contributed by atoms with van der Waals surface area (Å²) >= 11 is 7.05. The van der Waals surface area contributed by atoms with Crippen LogP contribution in [0.1, 0.15) is 0 Å². The first kappa shape index (κ1) is 13.7. The van der Waals surface area contributed by atoms with Gasteiger partial charge >= 0.3 is 0 Å². The van der Waals surface area contributed by atoms with Crippen molar-refractivity contribution in [3.63, 3.8) is 0 Å². The Morgan fingerprint density at radius 1 is 1.00 bits per heavy atom. The number of fused-ring (bicyclic) bond motifs is 3. The highest BCUT2D eigenvalue weighted by Gasteiger charge is 2.10. The summed E-state index contributed by atoms with van der Waals surface area (Å²) in [6, 6.07) is 14.0. The summed E-state index contributed by atoms with van der Waals surface area (Å²) in [4.78, 5) is 8.99. The summed E-state index contributed by atoms with van der Waals surface area (Å²) in [7, 11) is 0. The molecule has 6 heteroatoms. The van der Waals surface area contributed by atoms with Crippen molar-refractivity contribution >= 4 is 59.9 Å². The highest BCUT2D eigenvalue weighted by molar-refractivity contribution is 9.11. The number of hydrogen-bond donors (Lipinski definition) is 1. The first-order chi connectivity index (χ1) is 10.7. The van der Waals surface area contributed by atoms with Crippen LogP contribution >= 0.6 is 31.9 Å². The van der Waals surface area contributed by atoms with Crippen molar-refractivity contribution in [3.05, 3.63) is 63.9 Å². The van der Waals surface area contributed by atoms with Gasteiger partial charge in [0.05, 0.1) is 29.2 Å². The Morgan fingerprint density at radius 3 is 2.77 bits per heavy atom. The van der Waals surface area contributed by atoms with Gasteiger partial charge in [0.15, 0.2) is 5.82 Å². The summed E-state index contributed by atoms with van der Waals surface area (Å²) in [6.45, 7) is 0. The average Bonchev–Trinajstić information content (AvgIpc) is 3.01. The van der Waals surface area contributed by atoms with Gasteiger partial charge in [0.25, 0.3) is 0 Å². The minimum absolute atomic E-state index is 0.773. The van der Waals surface area contributed by atoms with Gasteiger partial charge in [0.1, 0.15) is 5.52 Å². The van der Waals surface area contributed by atoms with E-state index in [4.69, 9.17) is 4.98 Å². The van der Waals surface area contributed by atoms with E-state index in [2.05, 4.69) is 42.2 Å². The van der Waals surface area contributed by atoms with E-state index in [1.807, 2.05) is 53.1 Å². The Kier molecular flexibility index (Phi) is 3.35. The van der Waals surface area contributed by atoms with Crippen LogP contribution in [0.15, 0.2) is 63.9 Å². The molecule has 0 saturated carbocycles. The van der Waals surface area contributed by atoms with Crippen LogP contribution in [-0.4, -0.2) is 14.4 Å². The van der Waals surface area contributed by atoms with Crippen LogP contribution in [0.2, 0.25) is 0 Å². The van der Waals surface area contributed by atoms with Crippen LogP contribution < -0.4 is 5.32 Å². The number of nitrogens with one attached hydrogen (secondary N) is 1. The molecule has 1 N–H and O–H groups in total. The molecule has 2 heterocycles. The summed E-state index contributed by atoms with van der Waals surface area (Å²) < 4.78 is 4.02. The van der Waals surface area contributed by atoms with E-state index in [9.17, 15) is 0 Å². The van der Waals surface area contributed by atoms with Crippen molar-refractivity contribution in [2.45, 2.75) is 0 Å². The SMILES string of the molecule is Brc1ccc(Br)c(Nc2nc3ccccc3n3cncc23)c1. The van der Waals surface area contributed by atoms with E-state index in [1.165, 1.54) is 0 Å². The van der Waals surface area contributed by atoms with Gasteiger partial charge in [-0.05, 0) is 46.3 Å². The molecular weight excluding hydrogens is 408 g/mol. The molecule has 0 amide bonds. The van der Waals surface area contributed by atoms with Gasteiger partial charge in [-0.3, -0.25) is 4.40 Å². The number of para-hydroxylation sites is 2. The number of anilines is 2. The second-order valence-electron chi connectivity index (χ2n) is 4.85. The molecule has 0 radical (unpaired) electrons. The first-order valence-electron chi connectivity index (χ1n) is 6.65. The van der Waals surface area contributed by atoms with E-state index in [0.29, 0.717) is 0 Å². The molecule has 4 rings (SSSR count). The minimum Gasteiger partial charge on any atom is -0.337 e. The summed E-state index contributed by atoms with van der Waals surface area (Å²) in [5, 5.41) is 3.39. The number of hydrogen-bond acceptors (Lipinski definition) is 3. The van der Waals surface area contributed by atoms with E-state index < -0.39 is 0 Å². The fraction of sp³-hybridized carbons (Fsp3) is 0. The lowest BCUT2D eigenvalue weighted by Crippen LogP contribution is -1.99. The molecule has 2 aromatic carbocycles. The highest BCUT2D eigenvalue weighted by atomic mass is 79.9. The summed E-state index contributed by atoms with van der Waals surface area (Å²) in [6.07, 6.45) is 3.62. The number of aromatic nitrogens is 3. The third-order valence-electron chi connectivity index (χ3n) is 3.44. The molecule has 22 heavy (non-hydrogen) atoms. The lowest BCUT2D eigenvalue weighted by Gasteiger charge is -2.11. The van der Waals surface area contributed by atoms with E-state index in [-0.39, 0.29) is 0 Å². The van der Waals surface area contributed by atoms with Crippen LogP contribution in [0.4, 0.5) is 11.5 Å². The average molecular weight is 418 g/mol. The quantitative estimate of drug-likeness (QED) is 0.490. The van der Waals surface area contributed by atoms with Gasteiger partial charge < -0.3 is 5.32 Å². The smallest absolute Gasteiger partial charge is 0.157 e. The summed E-state index contributed by atoms with van der Waals surface area (Å²) in [5.41, 5.74) is 3.83. The largest absolute Gasteiger partial charge is 0.337 e. The molecule has 0 spiro atoms. The standard InChI is InChI=1S/C16H10Br2N4/c17-10-5-6-11(18)13(7-10)21-16-15-8-19-9-22(15)14-4-2-1-3-12(14)20-16/h1-9H,(H,20,21). The molecule has 0 saturated heterocycles.